The van der Waals surface area contributed by atoms with Crippen molar-refractivity contribution in [1.29, 1.82) is 0 Å². The first-order valence-electron chi connectivity index (χ1n) is 8.20. The lowest BCUT2D eigenvalue weighted by Crippen LogP contribution is -2.39. The number of carbonyl (C=O) groups excluding carboxylic acids is 2. The van der Waals surface area contributed by atoms with Crippen LogP contribution in [0, 0.1) is 0 Å². The van der Waals surface area contributed by atoms with Gasteiger partial charge in [-0.15, -0.1) is 24.8 Å². The van der Waals surface area contributed by atoms with Crippen LogP contribution in [0.2, 0.25) is 0 Å². The molecule has 0 unspecified atom stereocenters. The van der Waals surface area contributed by atoms with E-state index in [9.17, 15) is 9.59 Å². The number of nitrogens with two attached hydrogens (primary N) is 1. The first kappa shape index (κ1) is 25.4. The van der Waals surface area contributed by atoms with E-state index in [1.807, 2.05) is 25.1 Å². The molecule has 0 radical (unpaired) electrons. The summed E-state index contributed by atoms with van der Waals surface area (Å²) in [4.78, 5) is 26.8. The van der Waals surface area contributed by atoms with Crippen LogP contribution in [0.4, 0.5) is 0 Å². The third-order valence-electron chi connectivity index (χ3n) is 3.28. The molecule has 0 saturated carbocycles. The predicted molar refractivity (Wildman–Crippen MR) is 110 cm³/mol. The second-order valence-electron chi connectivity index (χ2n) is 5.24. The molecule has 1 heterocycles. The Bertz CT molecular complexity index is 745. The summed E-state index contributed by atoms with van der Waals surface area (Å²) >= 11 is 0. The van der Waals surface area contributed by atoms with Crippen molar-refractivity contribution in [3.63, 3.8) is 0 Å². The third-order valence-corrected chi connectivity index (χ3v) is 3.28. The van der Waals surface area contributed by atoms with Crippen LogP contribution in [0.3, 0.4) is 0 Å². The van der Waals surface area contributed by atoms with Crippen LogP contribution in [0.1, 0.15) is 12.5 Å². The van der Waals surface area contributed by atoms with Crippen LogP contribution in [0.25, 0.3) is 0 Å². The van der Waals surface area contributed by atoms with Crippen LogP contribution in [-0.2, 0) is 16.1 Å². The van der Waals surface area contributed by atoms with Gasteiger partial charge >= 0.3 is 0 Å². The zero-order chi connectivity index (χ0) is 18.8. The number of aromatic nitrogens is 1. The highest BCUT2D eigenvalue weighted by atomic mass is 35.5. The molecule has 4 N–H and O–H groups in total. The number of carbonyl (C=O) groups is 2. The van der Waals surface area contributed by atoms with Crippen LogP contribution >= 0.6 is 24.8 Å². The smallest absolute Gasteiger partial charge is 0.239 e. The van der Waals surface area contributed by atoms with Crippen molar-refractivity contribution in [1.82, 2.24) is 15.6 Å². The van der Waals surface area contributed by atoms with Crippen LogP contribution < -0.4 is 25.8 Å². The molecule has 0 fully saturated rings. The highest BCUT2D eigenvalue weighted by Crippen LogP contribution is 2.30. The van der Waals surface area contributed by atoms with Gasteiger partial charge in [-0.1, -0.05) is 18.2 Å². The van der Waals surface area contributed by atoms with Crippen molar-refractivity contribution in [2.45, 2.75) is 13.5 Å². The van der Waals surface area contributed by atoms with Crippen molar-refractivity contribution >= 4 is 36.6 Å². The predicted octanol–water partition coefficient (Wildman–Crippen LogP) is 1.81. The number of hydrogen-bond donors (Lipinski definition) is 3. The van der Waals surface area contributed by atoms with E-state index in [1.165, 1.54) is 0 Å². The van der Waals surface area contributed by atoms with Gasteiger partial charge in [-0.25, -0.2) is 4.98 Å². The Morgan fingerprint density at radius 2 is 1.75 bits per heavy atom. The molecule has 2 aromatic rings. The summed E-state index contributed by atoms with van der Waals surface area (Å²) in [6.45, 7) is 2.47. The standard InChI is InChI=1S/C18H22N4O4.2ClH/c1-2-25-14-5-3-4-6-15(14)26-18-8-7-13(11-22-18)10-20-17(24)12-21-16(23)9-19;;/h3-8,11H,2,9-10,12,19H2,1H3,(H,20,24)(H,21,23);2*1H. The number of para-hydroxylation sites is 2. The van der Waals surface area contributed by atoms with Crippen molar-refractivity contribution < 1.29 is 19.1 Å². The van der Waals surface area contributed by atoms with E-state index >= 15 is 0 Å². The Hall–Kier alpha value is -2.55. The molecule has 0 aliphatic rings. The first-order valence-corrected chi connectivity index (χ1v) is 8.20. The zero-order valence-electron chi connectivity index (χ0n) is 15.3. The van der Waals surface area contributed by atoms with Gasteiger partial charge < -0.3 is 25.8 Å². The van der Waals surface area contributed by atoms with Gasteiger partial charge in [-0.05, 0) is 24.6 Å². The minimum atomic E-state index is -0.379. The number of benzene rings is 1. The summed E-state index contributed by atoms with van der Waals surface area (Å²) in [6, 6.07) is 10.9. The van der Waals surface area contributed by atoms with Crippen molar-refractivity contribution in [2.24, 2.45) is 5.73 Å². The van der Waals surface area contributed by atoms with Gasteiger partial charge in [0, 0.05) is 18.8 Å². The minimum absolute atomic E-state index is 0. The SMILES string of the molecule is CCOc1ccccc1Oc1ccc(CNC(=O)CNC(=O)CN)cn1.Cl.Cl. The lowest BCUT2D eigenvalue weighted by Gasteiger charge is -2.11. The molecule has 0 atom stereocenters. The van der Waals surface area contributed by atoms with Gasteiger partial charge in [-0.3, -0.25) is 9.59 Å². The molecular formula is C18H24Cl2N4O4. The van der Waals surface area contributed by atoms with Gasteiger partial charge in [0.15, 0.2) is 11.5 Å². The maximum Gasteiger partial charge on any atom is 0.239 e. The maximum absolute atomic E-state index is 11.6. The lowest BCUT2D eigenvalue weighted by atomic mass is 10.3. The first-order chi connectivity index (χ1) is 12.6. The van der Waals surface area contributed by atoms with Gasteiger partial charge in [0.2, 0.25) is 17.7 Å². The summed E-state index contributed by atoms with van der Waals surface area (Å²) in [6.07, 6.45) is 1.61. The number of hydrogen-bond acceptors (Lipinski definition) is 6. The average Bonchev–Trinajstić information content (AvgIpc) is 2.67. The number of amides is 2. The fourth-order valence-electron chi connectivity index (χ4n) is 2.01. The number of nitrogens with zero attached hydrogens (tertiary/aromatic N) is 1. The Morgan fingerprint density at radius 3 is 2.36 bits per heavy atom. The summed E-state index contributed by atoms with van der Waals surface area (Å²) in [7, 11) is 0. The Balaban J connectivity index is 0.00000364. The lowest BCUT2D eigenvalue weighted by molar-refractivity contribution is -0.125. The van der Waals surface area contributed by atoms with E-state index in [4.69, 9.17) is 15.2 Å². The molecule has 10 heteroatoms. The number of pyridine rings is 1. The van der Waals surface area contributed by atoms with Gasteiger partial charge in [-0.2, -0.15) is 0 Å². The maximum atomic E-state index is 11.6. The number of nitrogens with one attached hydrogen (secondary N) is 2. The molecule has 1 aromatic carbocycles. The molecule has 2 amide bonds. The summed E-state index contributed by atoms with van der Waals surface area (Å²) < 4.78 is 11.2. The number of halogens is 2. The average molecular weight is 431 g/mol. The molecule has 28 heavy (non-hydrogen) atoms. The quantitative estimate of drug-likeness (QED) is 0.558. The van der Waals surface area contributed by atoms with Crippen molar-refractivity contribution in [2.75, 3.05) is 19.7 Å². The van der Waals surface area contributed by atoms with Gasteiger partial charge in [0.05, 0.1) is 19.7 Å². The van der Waals surface area contributed by atoms with Gasteiger partial charge in [0.1, 0.15) is 0 Å². The molecular weight excluding hydrogens is 407 g/mol. The molecule has 0 bridgehead atoms. The zero-order valence-corrected chi connectivity index (χ0v) is 17.0. The minimum Gasteiger partial charge on any atom is -0.490 e. The summed E-state index contributed by atoms with van der Waals surface area (Å²) in [5.41, 5.74) is 5.95. The monoisotopic (exact) mass is 430 g/mol. The van der Waals surface area contributed by atoms with Crippen LogP contribution in [-0.4, -0.2) is 36.5 Å². The Kier molecular flexibility index (Phi) is 12.4. The van der Waals surface area contributed by atoms with Gasteiger partial charge in [0.25, 0.3) is 0 Å². The van der Waals surface area contributed by atoms with E-state index in [0.29, 0.717) is 30.5 Å². The largest absolute Gasteiger partial charge is 0.490 e. The second-order valence-corrected chi connectivity index (χ2v) is 5.24. The van der Waals surface area contributed by atoms with E-state index in [0.717, 1.165) is 5.56 Å². The molecule has 154 valence electrons. The Morgan fingerprint density at radius 1 is 1.04 bits per heavy atom. The fraction of sp³-hybridized carbons (Fsp3) is 0.278. The number of rotatable bonds is 9. The molecule has 0 aliphatic carbocycles. The van der Waals surface area contributed by atoms with E-state index in [2.05, 4.69) is 15.6 Å². The highest BCUT2D eigenvalue weighted by Gasteiger charge is 2.07. The topological polar surface area (TPSA) is 116 Å². The Labute approximate surface area is 176 Å². The van der Waals surface area contributed by atoms with Crippen LogP contribution in [0.5, 0.6) is 17.4 Å². The molecule has 0 spiro atoms. The number of ether oxygens (including phenoxy) is 2. The molecule has 2 rings (SSSR count). The van der Waals surface area contributed by atoms with Crippen molar-refractivity contribution in [3.05, 3.63) is 48.2 Å². The molecule has 1 aromatic heterocycles. The van der Waals surface area contributed by atoms with Crippen molar-refractivity contribution in [3.8, 4) is 17.4 Å². The summed E-state index contributed by atoms with van der Waals surface area (Å²) in [5, 5.41) is 5.08. The van der Waals surface area contributed by atoms with E-state index in [-0.39, 0.29) is 49.7 Å². The fourth-order valence-corrected chi connectivity index (χ4v) is 2.01. The van der Waals surface area contributed by atoms with E-state index in [1.54, 1.807) is 24.4 Å². The molecule has 0 saturated heterocycles. The van der Waals surface area contributed by atoms with Crippen LogP contribution in [0.15, 0.2) is 42.6 Å². The third kappa shape index (κ3) is 8.43. The molecule has 8 nitrogen and oxygen atoms in total. The normalized spacial score (nSPS) is 9.36. The second kappa shape index (κ2) is 13.6. The highest BCUT2D eigenvalue weighted by molar-refractivity contribution is 5.86. The molecule has 0 aliphatic heterocycles. The van der Waals surface area contributed by atoms with E-state index < -0.39 is 0 Å². The summed E-state index contributed by atoms with van der Waals surface area (Å²) in [5.74, 6) is 0.960.